The predicted octanol–water partition coefficient (Wildman–Crippen LogP) is 4.85. The summed E-state index contributed by atoms with van der Waals surface area (Å²) in [6.45, 7) is 5.18. The Bertz CT molecular complexity index is 1030. The van der Waals surface area contributed by atoms with Crippen LogP contribution in [-0.2, 0) is 33.5 Å². The van der Waals surface area contributed by atoms with Crippen molar-refractivity contribution in [2.75, 3.05) is 7.11 Å². The minimum absolute atomic E-state index is 0.108. The van der Waals surface area contributed by atoms with Gasteiger partial charge in [0, 0.05) is 24.1 Å². The van der Waals surface area contributed by atoms with E-state index in [1.54, 1.807) is 39.0 Å². The molecule has 2 rings (SSSR count). The maximum atomic E-state index is 12.7. The molecule has 1 unspecified atom stereocenters. The molecule has 9 heteroatoms. The number of carboxylic acid groups (broad SMARTS) is 1. The van der Waals surface area contributed by atoms with Crippen molar-refractivity contribution in [2.24, 2.45) is 0 Å². The lowest BCUT2D eigenvalue weighted by molar-refractivity contribution is -0.153. The average molecular weight is 479 g/mol. The SMILES string of the molecule is COc1ccc(CC(OC(C)C)C(=O)O)cc1CNC(=O)/C(C)=C/c1ccc(C(F)(F)F)cc1. The van der Waals surface area contributed by atoms with Gasteiger partial charge in [-0.2, -0.15) is 13.2 Å². The molecule has 6 nitrogen and oxygen atoms in total. The first-order valence-electron chi connectivity index (χ1n) is 10.6. The summed E-state index contributed by atoms with van der Waals surface area (Å²) in [7, 11) is 1.48. The molecule has 1 atom stereocenters. The molecule has 0 spiro atoms. The fourth-order valence-electron chi connectivity index (χ4n) is 3.23. The van der Waals surface area contributed by atoms with E-state index in [1.165, 1.54) is 25.3 Å². The van der Waals surface area contributed by atoms with Crippen LogP contribution in [0.5, 0.6) is 5.75 Å². The maximum Gasteiger partial charge on any atom is 0.416 e. The van der Waals surface area contributed by atoms with Crippen LogP contribution in [0.3, 0.4) is 0 Å². The van der Waals surface area contributed by atoms with Crippen LogP contribution in [0, 0.1) is 0 Å². The second-order valence-electron chi connectivity index (χ2n) is 7.99. The Morgan fingerprint density at radius 2 is 1.76 bits per heavy atom. The normalized spacial score (nSPS) is 13.0. The van der Waals surface area contributed by atoms with E-state index < -0.39 is 29.7 Å². The Balaban J connectivity index is 2.10. The second kappa shape index (κ2) is 11.7. The van der Waals surface area contributed by atoms with Crippen LogP contribution in [0.15, 0.2) is 48.0 Å². The number of alkyl halides is 3. The van der Waals surface area contributed by atoms with E-state index in [2.05, 4.69) is 5.32 Å². The molecule has 0 bridgehead atoms. The summed E-state index contributed by atoms with van der Waals surface area (Å²) >= 11 is 0. The van der Waals surface area contributed by atoms with Crippen molar-refractivity contribution in [2.45, 2.75) is 52.1 Å². The summed E-state index contributed by atoms with van der Waals surface area (Å²) in [4.78, 5) is 24.0. The lowest BCUT2D eigenvalue weighted by Gasteiger charge is -2.18. The van der Waals surface area contributed by atoms with Crippen LogP contribution in [0.1, 0.15) is 43.0 Å². The Labute approximate surface area is 196 Å². The molecular formula is C25H28F3NO5. The first-order valence-corrected chi connectivity index (χ1v) is 10.6. The number of carboxylic acids is 1. The number of nitrogens with one attached hydrogen (secondary N) is 1. The molecule has 0 aliphatic carbocycles. The number of aliphatic carboxylic acids is 1. The van der Waals surface area contributed by atoms with Crippen molar-refractivity contribution >= 4 is 18.0 Å². The number of ether oxygens (including phenoxy) is 2. The summed E-state index contributed by atoms with van der Waals surface area (Å²) < 4.78 is 48.9. The van der Waals surface area contributed by atoms with Crippen molar-refractivity contribution in [3.05, 3.63) is 70.3 Å². The number of carbonyl (C=O) groups excluding carboxylic acids is 1. The van der Waals surface area contributed by atoms with Gasteiger partial charge in [0.2, 0.25) is 5.91 Å². The first-order chi connectivity index (χ1) is 15.9. The zero-order chi connectivity index (χ0) is 25.5. The number of methoxy groups -OCH3 is 1. The second-order valence-corrected chi connectivity index (χ2v) is 7.99. The monoisotopic (exact) mass is 479 g/mol. The highest BCUT2D eigenvalue weighted by Gasteiger charge is 2.29. The predicted molar refractivity (Wildman–Crippen MR) is 121 cm³/mol. The number of hydrogen-bond acceptors (Lipinski definition) is 4. The first kappa shape index (κ1) is 26.9. The maximum absolute atomic E-state index is 12.7. The summed E-state index contributed by atoms with van der Waals surface area (Å²) in [5.74, 6) is -0.951. The van der Waals surface area contributed by atoms with Gasteiger partial charge in [0.25, 0.3) is 0 Å². The third-order valence-corrected chi connectivity index (χ3v) is 4.90. The summed E-state index contributed by atoms with van der Waals surface area (Å²) in [6.07, 6.45) is -4.05. The van der Waals surface area contributed by atoms with E-state index in [9.17, 15) is 27.9 Å². The van der Waals surface area contributed by atoms with E-state index in [-0.39, 0.29) is 19.1 Å². The van der Waals surface area contributed by atoms with Gasteiger partial charge < -0.3 is 19.9 Å². The van der Waals surface area contributed by atoms with Crippen LogP contribution in [-0.4, -0.2) is 36.3 Å². The quantitative estimate of drug-likeness (QED) is 0.476. The molecule has 34 heavy (non-hydrogen) atoms. The minimum Gasteiger partial charge on any atom is -0.496 e. The largest absolute Gasteiger partial charge is 0.496 e. The Kier molecular flexibility index (Phi) is 9.26. The summed E-state index contributed by atoms with van der Waals surface area (Å²) in [6, 6.07) is 9.68. The average Bonchev–Trinajstić information content (AvgIpc) is 2.76. The van der Waals surface area contributed by atoms with Crippen LogP contribution in [0.2, 0.25) is 0 Å². The molecule has 0 aliphatic heterocycles. The van der Waals surface area contributed by atoms with Gasteiger partial charge >= 0.3 is 12.1 Å². The van der Waals surface area contributed by atoms with Gasteiger partial charge in [-0.05, 0) is 56.2 Å². The highest BCUT2D eigenvalue weighted by molar-refractivity contribution is 5.97. The number of benzene rings is 2. The molecule has 0 fully saturated rings. The Hall–Kier alpha value is -3.33. The van der Waals surface area contributed by atoms with Gasteiger partial charge in [-0.25, -0.2) is 4.79 Å². The molecule has 0 saturated heterocycles. The van der Waals surface area contributed by atoms with E-state index in [4.69, 9.17) is 9.47 Å². The summed E-state index contributed by atoms with van der Waals surface area (Å²) in [5, 5.41) is 12.1. The van der Waals surface area contributed by atoms with Gasteiger partial charge in [0.05, 0.1) is 18.8 Å². The van der Waals surface area contributed by atoms with Crippen LogP contribution >= 0.6 is 0 Å². The highest BCUT2D eigenvalue weighted by Crippen LogP contribution is 2.29. The van der Waals surface area contributed by atoms with Crippen LogP contribution < -0.4 is 10.1 Å². The molecule has 2 aromatic carbocycles. The Morgan fingerprint density at radius 1 is 1.12 bits per heavy atom. The van der Waals surface area contributed by atoms with E-state index in [0.29, 0.717) is 28.0 Å². The zero-order valence-corrected chi connectivity index (χ0v) is 19.4. The van der Waals surface area contributed by atoms with Crippen molar-refractivity contribution in [1.82, 2.24) is 5.32 Å². The van der Waals surface area contributed by atoms with Crippen LogP contribution in [0.25, 0.3) is 6.08 Å². The van der Waals surface area contributed by atoms with Gasteiger partial charge in [-0.1, -0.05) is 24.3 Å². The standard InChI is InChI=1S/C25H28F3NO5/c1-15(2)34-22(24(31)32)13-18-7-10-21(33-4)19(12-18)14-29-23(30)16(3)11-17-5-8-20(9-6-17)25(26,27)28/h5-12,15,22H,13-14H2,1-4H3,(H,29,30)(H,31,32)/b16-11+. The van der Waals surface area contributed by atoms with E-state index in [1.807, 2.05) is 0 Å². The minimum atomic E-state index is -4.42. The molecule has 2 N–H and O–H groups in total. The van der Waals surface area contributed by atoms with Gasteiger partial charge in [-0.3, -0.25) is 4.79 Å². The highest BCUT2D eigenvalue weighted by atomic mass is 19.4. The van der Waals surface area contributed by atoms with Crippen molar-refractivity contribution in [3.63, 3.8) is 0 Å². The van der Waals surface area contributed by atoms with E-state index in [0.717, 1.165) is 12.1 Å². The number of halogens is 3. The fraction of sp³-hybridized carbons (Fsp3) is 0.360. The molecule has 2 aromatic rings. The molecular weight excluding hydrogens is 451 g/mol. The molecule has 0 aromatic heterocycles. The molecule has 184 valence electrons. The smallest absolute Gasteiger partial charge is 0.416 e. The van der Waals surface area contributed by atoms with E-state index >= 15 is 0 Å². The van der Waals surface area contributed by atoms with Crippen molar-refractivity contribution < 1.29 is 37.3 Å². The number of amides is 1. The number of hydrogen-bond donors (Lipinski definition) is 2. The number of rotatable bonds is 10. The fourth-order valence-corrected chi connectivity index (χ4v) is 3.23. The lowest BCUT2D eigenvalue weighted by Crippen LogP contribution is -2.29. The lowest BCUT2D eigenvalue weighted by atomic mass is 10.0. The van der Waals surface area contributed by atoms with Crippen molar-refractivity contribution in [3.8, 4) is 5.75 Å². The third kappa shape index (κ3) is 7.91. The molecule has 0 saturated carbocycles. The van der Waals surface area contributed by atoms with Gasteiger partial charge in [0.15, 0.2) is 6.10 Å². The molecule has 0 radical (unpaired) electrons. The molecule has 1 amide bonds. The topological polar surface area (TPSA) is 84.9 Å². The number of carbonyl (C=O) groups is 2. The third-order valence-electron chi connectivity index (χ3n) is 4.90. The zero-order valence-electron chi connectivity index (χ0n) is 19.4. The van der Waals surface area contributed by atoms with Gasteiger partial charge in [0.1, 0.15) is 5.75 Å². The van der Waals surface area contributed by atoms with Crippen molar-refractivity contribution in [1.29, 1.82) is 0 Å². The molecule has 0 aliphatic rings. The van der Waals surface area contributed by atoms with Crippen LogP contribution in [0.4, 0.5) is 13.2 Å². The summed E-state index contributed by atoms with van der Waals surface area (Å²) in [5.41, 5.74) is 1.36. The Morgan fingerprint density at radius 3 is 2.29 bits per heavy atom. The molecule has 0 heterocycles. The van der Waals surface area contributed by atoms with Gasteiger partial charge in [-0.15, -0.1) is 0 Å².